The number of nitrogens with one attached hydrogen (secondary N) is 1. The minimum atomic E-state index is 0.352. The van der Waals surface area contributed by atoms with E-state index in [1.807, 2.05) is 6.07 Å². The van der Waals surface area contributed by atoms with Crippen molar-refractivity contribution < 1.29 is 14.2 Å². The second-order valence-electron chi connectivity index (χ2n) is 6.39. The van der Waals surface area contributed by atoms with Crippen LogP contribution in [0.2, 0.25) is 0 Å². The Labute approximate surface area is 125 Å². The van der Waals surface area contributed by atoms with Crippen LogP contribution in [0, 0.1) is 5.92 Å². The van der Waals surface area contributed by atoms with Crippen molar-refractivity contribution in [1.29, 1.82) is 0 Å². The van der Waals surface area contributed by atoms with Crippen molar-refractivity contribution in [1.82, 2.24) is 5.32 Å². The highest BCUT2D eigenvalue weighted by molar-refractivity contribution is 5.44. The van der Waals surface area contributed by atoms with Crippen LogP contribution in [0.1, 0.15) is 31.2 Å². The molecule has 1 saturated carbocycles. The van der Waals surface area contributed by atoms with Gasteiger partial charge in [0.1, 0.15) is 0 Å². The van der Waals surface area contributed by atoms with Crippen LogP contribution in [0.15, 0.2) is 18.2 Å². The lowest BCUT2D eigenvalue weighted by atomic mass is 9.99. The Kier molecular flexibility index (Phi) is 3.74. The van der Waals surface area contributed by atoms with Gasteiger partial charge in [0.15, 0.2) is 11.5 Å². The summed E-state index contributed by atoms with van der Waals surface area (Å²) in [6, 6.07) is 7.57. The van der Waals surface area contributed by atoms with E-state index < -0.39 is 0 Å². The predicted octanol–water partition coefficient (Wildman–Crippen LogP) is 2.50. The molecule has 0 bridgehead atoms. The fraction of sp³-hybridized carbons (Fsp3) is 0.647. The lowest BCUT2D eigenvalue weighted by molar-refractivity contribution is 0.0740. The quantitative estimate of drug-likeness (QED) is 0.904. The first-order valence-electron chi connectivity index (χ1n) is 8.11. The van der Waals surface area contributed by atoms with Crippen LogP contribution in [0.5, 0.6) is 11.5 Å². The first kappa shape index (κ1) is 13.4. The van der Waals surface area contributed by atoms with Gasteiger partial charge in [0.05, 0.1) is 0 Å². The Morgan fingerprint density at radius 2 is 1.86 bits per heavy atom. The smallest absolute Gasteiger partial charge is 0.231 e. The van der Waals surface area contributed by atoms with Gasteiger partial charge in [-0.2, -0.15) is 0 Å². The summed E-state index contributed by atoms with van der Waals surface area (Å²) in [7, 11) is 0. The van der Waals surface area contributed by atoms with Crippen LogP contribution in [-0.2, 0) is 11.2 Å². The van der Waals surface area contributed by atoms with Crippen molar-refractivity contribution in [3.63, 3.8) is 0 Å². The van der Waals surface area contributed by atoms with E-state index in [9.17, 15) is 0 Å². The van der Waals surface area contributed by atoms with Gasteiger partial charge < -0.3 is 19.5 Å². The molecule has 1 aliphatic carbocycles. The summed E-state index contributed by atoms with van der Waals surface area (Å²) in [4.78, 5) is 0. The fourth-order valence-electron chi connectivity index (χ4n) is 3.35. The van der Waals surface area contributed by atoms with Gasteiger partial charge in [-0.3, -0.25) is 0 Å². The predicted molar refractivity (Wildman–Crippen MR) is 79.8 cm³/mol. The number of hydrogen-bond acceptors (Lipinski definition) is 4. The number of rotatable bonds is 5. The van der Waals surface area contributed by atoms with Crippen LogP contribution in [0.4, 0.5) is 0 Å². The SMILES string of the molecule is c1cc2c(cc1CC(NC1CCOCC1)C1CC1)OCO2. The molecule has 3 aliphatic rings. The number of benzene rings is 1. The van der Waals surface area contributed by atoms with Crippen LogP contribution >= 0.6 is 0 Å². The fourth-order valence-corrected chi connectivity index (χ4v) is 3.35. The maximum Gasteiger partial charge on any atom is 0.231 e. The number of fused-ring (bicyclic) bond motifs is 1. The van der Waals surface area contributed by atoms with Gasteiger partial charge in [0.2, 0.25) is 6.79 Å². The van der Waals surface area contributed by atoms with Gasteiger partial charge in [-0.1, -0.05) is 6.07 Å². The van der Waals surface area contributed by atoms with Crippen LogP contribution in [-0.4, -0.2) is 32.1 Å². The molecule has 1 unspecified atom stereocenters. The highest BCUT2D eigenvalue weighted by atomic mass is 16.7. The lowest BCUT2D eigenvalue weighted by Crippen LogP contribution is -2.43. The average molecular weight is 289 g/mol. The summed E-state index contributed by atoms with van der Waals surface area (Å²) in [5, 5.41) is 3.88. The van der Waals surface area contributed by atoms with E-state index in [0.29, 0.717) is 18.9 Å². The van der Waals surface area contributed by atoms with Gasteiger partial charge in [-0.15, -0.1) is 0 Å². The van der Waals surface area contributed by atoms with Crippen LogP contribution in [0.3, 0.4) is 0 Å². The second kappa shape index (κ2) is 5.85. The summed E-state index contributed by atoms with van der Waals surface area (Å²) < 4.78 is 16.3. The zero-order valence-electron chi connectivity index (χ0n) is 12.3. The first-order valence-corrected chi connectivity index (χ1v) is 8.11. The molecule has 1 saturated heterocycles. The Morgan fingerprint density at radius 3 is 2.67 bits per heavy atom. The number of ether oxygens (including phenoxy) is 3. The number of hydrogen-bond donors (Lipinski definition) is 1. The van der Waals surface area contributed by atoms with Gasteiger partial charge in [0, 0.05) is 25.3 Å². The monoisotopic (exact) mass is 289 g/mol. The lowest BCUT2D eigenvalue weighted by Gasteiger charge is -2.29. The molecule has 21 heavy (non-hydrogen) atoms. The molecular formula is C17H23NO3. The molecule has 0 amide bonds. The molecule has 1 aromatic rings. The Bertz CT molecular complexity index is 495. The van der Waals surface area contributed by atoms with Crippen LogP contribution < -0.4 is 14.8 Å². The minimum absolute atomic E-state index is 0.352. The molecule has 4 heteroatoms. The second-order valence-corrected chi connectivity index (χ2v) is 6.39. The normalized spacial score (nSPS) is 23.2. The summed E-state index contributed by atoms with van der Waals surface area (Å²) >= 11 is 0. The van der Waals surface area contributed by atoms with E-state index in [1.54, 1.807) is 0 Å². The van der Waals surface area contributed by atoms with Gasteiger partial charge >= 0.3 is 0 Å². The molecule has 0 aromatic heterocycles. The Hall–Kier alpha value is -1.26. The highest BCUT2D eigenvalue weighted by Gasteiger charge is 2.33. The molecule has 2 fully saturated rings. The first-order chi connectivity index (χ1) is 10.4. The summed E-state index contributed by atoms with van der Waals surface area (Å²) in [6.45, 7) is 2.16. The van der Waals surface area contributed by atoms with Crippen molar-refractivity contribution in [3.8, 4) is 11.5 Å². The molecule has 2 aliphatic heterocycles. The maximum atomic E-state index is 5.49. The van der Waals surface area contributed by atoms with E-state index in [-0.39, 0.29) is 0 Å². The maximum absolute atomic E-state index is 5.49. The van der Waals surface area contributed by atoms with Crippen molar-refractivity contribution in [3.05, 3.63) is 23.8 Å². The third-order valence-electron chi connectivity index (χ3n) is 4.75. The topological polar surface area (TPSA) is 39.7 Å². The highest BCUT2D eigenvalue weighted by Crippen LogP contribution is 2.37. The van der Waals surface area contributed by atoms with E-state index >= 15 is 0 Å². The van der Waals surface area contributed by atoms with Crippen molar-refractivity contribution >= 4 is 0 Å². The third-order valence-corrected chi connectivity index (χ3v) is 4.75. The Morgan fingerprint density at radius 1 is 1.05 bits per heavy atom. The molecular weight excluding hydrogens is 266 g/mol. The summed E-state index contributed by atoms with van der Waals surface area (Å²) in [5.74, 6) is 2.62. The average Bonchev–Trinajstić information content (AvgIpc) is 3.26. The van der Waals surface area contributed by atoms with Crippen molar-refractivity contribution in [2.45, 2.75) is 44.2 Å². The third kappa shape index (κ3) is 3.16. The molecule has 0 spiro atoms. The molecule has 114 valence electrons. The standard InChI is InChI=1S/C17H23NO3/c1-4-16-17(21-11-20-16)10-12(1)9-15(13-2-3-13)18-14-5-7-19-8-6-14/h1,4,10,13-15,18H,2-3,5-9,11H2. The molecule has 4 rings (SSSR count). The van der Waals surface area contributed by atoms with E-state index in [2.05, 4.69) is 17.4 Å². The molecule has 2 heterocycles. The van der Waals surface area contributed by atoms with Gasteiger partial charge in [-0.25, -0.2) is 0 Å². The zero-order valence-corrected chi connectivity index (χ0v) is 12.3. The van der Waals surface area contributed by atoms with Gasteiger partial charge in [-0.05, 0) is 55.7 Å². The Balaban J connectivity index is 1.42. The molecule has 4 nitrogen and oxygen atoms in total. The van der Waals surface area contributed by atoms with E-state index in [0.717, 1.165) is 49.9 Å². The molecule has 1 N–H and O–H groups in total. The zero-order chi connectivity index (χ0) is 14.1. The van der Waals surface area contributed by atoms with Gasteiger partial charge in [0.25, 0.3) is 0 Å². The summed E-state index contributed by atoms with van der Waals surface area (Å²) in [6.07, 6.45) is 6.10. The van der Waals surface area contributed by atoms with E-state index in [4.69, 9.17) is 14.2 Å². The molecule has 0 radical (unpaired) electrons. The summed E-state index contributed by atoms with van der Waals surface area (Å²) in [5.41, 5.74) is 1.34. The van der Waals surface area contributed by atoms with Crippen LogP contribution in [0.25, 0.3) is 0 Å². The molecule has 1 aromatic carbocycles. The molecule has 1 atom stereocenters. The van der Waals surface area contributed by atoms with Crippen molar-refractivity contribution in [2.24, 2.45) is 5.92 Å². The van der Waals surface area contributed by atoms with Crippen molar-refractivity contribution in [2.75, 3.05) is 20.0 Å². The van der Waals surface area contributed by atoms with E-state index in [1.165, 1.54) is 18.4 Å². The minimum Gasteiger partial charge on any atom is -0.454 e. The largest absolute Gasteiger partial charge is 0.454 e.